The number of nitrogens with zero attached hydrogens (tertiary/aromatic N) is 2. The standard InChI is InChI=1S/C52H43N3/c1-55-50(36-26-24-35(25-27-36)48-23-12-30-53-48)33-49(54-51(55)39-16-11-15-37(31-39)34-13-3-2-4-14-34)38-28-29-43-42-19-7-10-22-46(42)52(47(43)32-38)44-20-8-5-17-40(44)41-18-6-9-21-45(41)52/h2-13,15-32,34,48-51,54H,14,33H2,1H3. The second-order valence-electron chi connectivity index (χ2n) is 15.9. The van der Waals surface area contributed by atoms with E-state index in [2.05, 4.69) is 192 Å². The van der Waals surface area contributed by atoms with Crippen molar-refractivity contribution in [3.05, 3.63) is 226 Å². The lowest BCUT2D eigenvalue weighted by atomic mass is 9.70. The summed E-state index contributed by atoms with van der Waals surface area (Å²) in [5.41, 5.74) is 17.2. The van der Waals surface area contributed by atoms with Gasteiger partial charge in [0.05, 0.1) is 17.6 Å². The van der Waals surface area contributed by atoms with Gasteiger partial charge in [0.25, 0.3) is 0 Å². The van der Waals surface area contributed by atoms with Crippen molar-refractivity contribution in [2.75, 3.05) is 7.05 Å². The summed E-state index contributed by atoms with van der Waals surface area (Å²) in [5, 5.41) is 4.22. The van der Waals surface area contributed by atoms with Gasteiger partial charge in [-0.3, -0.25) is 15.2 Å². The van der Waals surface area contributed by atoms with Gasteiger partial charge in [0, 0.05) is 24.2 Å². The van der Waals surface area contributed by atoms with Crippen LogP contribution in [0.15, 0.2) is 181 Å². The van der Waals surface area contributed by atoms with E-state index in [1.165, 1.54) is 72.3 Å². The first kappa shape index (κ1) is 32.6. The molecule has 3 aliphatic carbocycles. The van der Waals surface area contributed by atoms with Crippen LogP contribution in [-0.2, 0) is 5.41 Å². The Hall–Kier alpha value is -5.87. The van der Waals surface area contributed by atoms with Crippen LogP contribution >= 0.6 is 0 Å². The second kappa shape index (κ2) is 12.9. The zero-order valence-corrected chi connectivity index (χ0v) is 31.0. The Morgan fingerprint density at radius 2 is 1.20 bits per heavy atom. The van der Waals surface area contributed by atoms with Crippen LogP contribution in [0.2, 0.25) is 0 Å². The summed E-state index contributed by atoms with van der Waals surface area (Å²) in [7, 11) is 2.30. The van der Waals surface area contributed by atoms with Crippen molar-refractivity contribution in [3.8, 4) is 22.3 Å². The van der Waals surface area contributed by atoms with Crippen molar-refractivity contribution in [1.29, 1.82) is 0 Å². The molecular formula is C52H43N3. The molecular weight excluding hydrogens is 667 g/mol. The molecule has 1 saturated heterocycles. The molecule has 0 radical (unpaired) electrons. The molecule has 0 bridgehead atoms. The third-order valence-electron chi connectivity index (χ3n) is 13.1. The zero-order valence-electron chi connectivity index (χ0n) is 31.0. The largest absolute Gasteiger partial charge is 0.291 e. The summed E-state index contributed by atoms with van der Waals surface area (Å²) >= 11 is 0. The molecule has 1 fully saturated rings. The minimum absolute atomic E-state index is 0.0289. The van der Waals surface area contributed by atoms with Crippen molar-refractivity contribution in [2.45, 2.75) is 48.5 Å². The molecule has 1 spiro atoms. The molecule has 0 aromatic heterocycles. The minimum Gasteiger partial charge on any atom is -0.291 e. The van der Waals surface area contributed by atoms with Crippen LogP contribution in [-0.4, -0.2) is 18.2 Å². The number of rotatable bonds is 5. The summed E-state index contributed by atoms with van der Waals surface area (Å²) in [6, 6.07) is 53.7. The molecule has 5 aliphatic rings. The highest BCUT2D eigenvalue weighted by Gasteiger charge is 2.51. The number of nitrogens with one attached hydrogen (secondary N) is 1. The molecule has 55 heavy (non-hydrogen) atoms. The van der Waals surface area contributed by atoms with Crippen LogP contribution in [0.25, 0.3) is 22.3 Å². The maximum atomic E-state index is 4.65. The van der Waals surface area contributed by atoms with E-state index in [4.69, 9.17) is 0 Å². The number of hydrogen-bond acceptors (Lipinski definition) is 3. The predicted octanol–water partition coefficient (Wildman–Crippen LogP) is 11.7. The summed E-state index contributed by atoms with van der Waals surface area (Å²) in [6.07, 6.45) is 17.1. The molecule has 266 valence electrons. The van der Waals surface area contributed by atoms with E-state index in [0.717, 1.165) is 12.8 Å². The van der Waals surface area contributed by atoms with Crippen molar-refractivity contribution in [2.24, 2.45) is 4.99 Å². The Bertz CT molecular complexity index is 2510. The van der Waals surface area contributed by atoms with Gasteiger partial charge in [-0.05, 0) is 98.3 Å². The molecule has 0 amide bonds. The Balaban J connectivity index is 1.04. The van der Waals surface area contributed by atoms with Gasteiger partial charge in [-0.2, -0.15) is 0 Å². The van der Waals surface area contributed by atoms with Crippen molar-refractivity contribution >= 4 is 6.21 Å². The van der Waals surface area contributed by atoms with E-state index in [0.29, 0.717) is 5.92 Å². The highest BCUT2D eigenvalue weighted by atomic mass is 15.3. The molecule has 6 aromatic carbocycles. The Kier molecular flexibility index (Phi) is 7.62. The third kappa shape index (κ3) is 5.00. The van der Waals surface area contributed by atoms with Gasteiger partial charge < -0.3 is 0 Å². The number of fused-ring (bicyclic) bond motifs is 10. The fourth-order valence-electron chi connectivity index (χ4n) is 10.5. The first-order valence-corrected chi connectivity index (χ1v) is 19.8. The molecule has 2 heterocycles. The van der Waals surface area contributed by atoms with Crippen molar-refractivity contribution in [3.63, 3.8) is 0 Å². The number of aliphatic imine (C=N–C) groups is 1. The van der Waals surface area contributed by atoms with Gasteiger partial charge in [0.2, 0.25) is 0 Å². The zero-order chi connectivity index (χ0) is 36.5. The maximum Gasteiger partial charge on any atom is 0.0933 e. The number of hydrogen-bond donors (Lipinski definition) is 1. The minimum atomic E-state index is -0.358. The van der Waals surface area contributed by atoms with E-state index >= 15 is 0 Å². The fraction of sp³-hybridized carbons (Fsp3) is 0.173. The van der Waals surface area contributed by atoms with Crippen molar-refractivity contribution < 1.29 is 0 Å². The fourth-order valence-corrected chi connectivity index (χ4v) is 10.5. The molecule has 5 unspecified atom stereocenters. The quantitative estimate of drug-likeness (QED) is 0.193. The van der Waals surface area contributed by atoms with E-state index in [1.54, 1.807) is 0 Å². The van der Waals surface area contributed by atoms with Gasteiger partial charge in [0.1, 0.15) is 0 Å². The smallest absolute Gasteiger partial charge is 0.0933 e. The van der Waals surface area contributed by atoms with Crippen LogP contribution in [0.5, 0.6) is 0 Å². The molecule has 6 aromatic rings. The maximum absolute atomic E-state index is 4.65. The van der Waals surface area contributed by atoms with Crippen LogP contribution in [0.4, 0.5) is 0 Å². The van der Waals surface area contributed by atoms with E-state index in [-0.39, 0.29) is 29.7 Å². The average molecular weight is 710 g/mol. The molecule has 3 nitrogen and oxygen atoms in total. The van der Waals surface area contributed by atoms with Gasteiger partial charge in [-0.1, -0.05) is 170 Å². The van der Waals surface area contributed by atoms with Gasteiger partial charge >= 0.3 is 0 Å². The lowest BCUT2D eigenvalue weighted by Crippen LogP contribution is -2.46. The highest BCUT2D eigenvalue weighted by molar-refractivity contribution is 5.95. The Labute approximate surface area is 324 Å². The molecule has 1 N–H and O–H groups in total. The lowest BCUT2D eigenvalue weighted by molar-refractivity contribution is 0.0704. The van der Waals surface area contributed by atoms with E-state index < -0.39 is 0 Å². The first-order valence-electron chi connectivity index (χ1n) is 19.8. The lowest BCUT2D eigenvalue weighted by Gasteiger charge is -2.45. The first-order chi connectivity index (χ1) is 27.2. The molecule has 0 saturated carbocycles. The Morgan fingerprint density at radius 1 is 0.564 bits per heavy atom. The summed E-state index contributed by atoms with van der Waals surface area (Å²) < 4.78 is 0. The van der Waals surface area contributed by atoms with E-state index in [9.17, 15) is 0 Å². The molecule has 3 heteroatoms. The van der Waals surface area contributed by atoms with Crippen LogP contribution in [0.3, 0.4) is 0 Å². The second-order valence-corrected chi connectivity index (χ2v) is 15.9. The SMILES string of the molecule is CN1C(c2ccc(C3C=CC=N3)cc2)CC(c2ccc3c(c2)C2(c4ccccc4-c4ccccc42)c2ccccc2-3)NC1c1cccc(C2C=CC=CC2)c1. The summed E-state index contributed by atoms with van der Waals surface area (Å²) in [5.74, 6) is 0.400. The monoisotopic (exact) mass is 709 g/mol. The molecule has 5 atom stereocenters. The van der Waals surface area contributed by atoms with Crippen LogP contribution < -0.4 is 5.32 Å². The Morgan fingerprint density at radius 3 is 1.85 bits per heavy atom. The molecule has 11 rings (SSSR count). The van der Waals surface area contributed by atoms with Gasteiger partial charge in [-0.25, -0.2) is 0 Å². The number of benzene rings is 6. The van der Waals surface area contributed by atoms with Gasteiger partial charge in [-0.15, -0.1) is 0 Å². The van der Waals surface area contributed by atoms with Crippen LogP contribution in [0, 0.1) is 0 Å². The molecule has 2 aliphatic heterocycles. The normalized spacial score (nSPS) is 23.8. The van der Waals surface area contributed by atoms with Crippen molar-refractivity contribution in [1.82, 2.24) is 10.2 Å². The third-order valence-corrected chi connectivity index (χ3v) is 13.1. The number of allylic oxidation sites excluding steroid dienone is 5. The summed E-state index contributed by atoms with van der Waals surface area (Å²) in [6.45, 7) is 0. The highest BCUT2D eigenvalue weighted by Crippen LogP contribution is 2.63. The average Bonchev–Trinajstić information content (AvgIpc) is 3.97. The summed E-state index contributed by atoms with van der Waals surface area (Å²) in [4.78, 5) is 7.21. The predicted molar refractivity (Wildman–Crippen MR) is 225 cm³/mol. The topological polar surface area (TPSA) is 27.6 Å². The van der Waals surface area contributed by atoms with Gasteiger partial charge in [0.15, 0.2) is 0 Å². The van der Waals surface area contributed by atoms with E-state index in [1.807, 2.05) is 12.3 Å². The van der Waals surface area contributed by atoms with Crippen LogP contribution in [0.1, 0.15) is 93.1 Å².